The van der Waals surface area contributed by atoms with Crippen LogP contribution in [0.2, 0.25) is 0 Å². The van der Waals surface area contributed by atoms with Crippen LogP contribution in [-0.4, -0.2) is 58.1 Å². The first-order valence-corrected chi connectivity index (χ1v) is 7.41. The van der Waals surface area contributed by atoms with Crippen molar-refractivity contribution in [2.24, 2.45) is 0 Å². The topological polar surface area (TPSA) is 149 Å². The average molecular weight is 349 g/mol. The zero-order chi connectivity index (χ0) is 18.8. The highest BCUT2D eigenvalue weighted by atomic mass is 16.5. The van der Waals surface area contributed by atoms with Gasteiger partial charge in [0, 0.05) is 20.0 Å². The van der Waals surface area contributed by atoms with E-state index in [9.17, 15) is 19.5 Å². The number of amides is 1. The summed E-state index contributed by atoms with van der Waals surface area (Å²) in [6.07, 6.45) is -0.423. The SMILES string of the molecule is CO[C@@H](Cc1ccc(O)cc1)C(=O)N[C@@H](CCC(=O)C=[N+]=[N-])C(=O)O. The molecule has 1 aromatic carbocycles. The van der Waals surface area contributed by atoms with E-state index in [4.69, 9.17) is 15.4 Å². The van der Waals surface area contributed by atoms with Crippen molar-refractivity contribution < 1.29 is 34.1 Å². The molecule has 0 bridgehead atoms. The van der Waals surface area contributed by atoms with Gasteiger partial charge in [-0.1, -0.05) is 12.1 Å². The van der Waals surface area contributed by atoms with Gasteiger partial charge >= 0.3 is 12.2 Å². The fraction of sp³-hybridized carbons (Fsp3) is 0.375. The molecule has 134 valence electrons. The number of aromatic hydroxyl groups is 1. The number of carboxylic acid groups (broad SMARTS) is 1. The van der Waals surface area contributed by atoms with E-state index in [1.807, 2.05) is 0 Å². The minimum absolute atomic E-state index is 0.0872. The molecule has 25 heavy (non-hydrogen) atoms. The minimum Gasteiger partial charge on any atom is -0.508 e. The van der Waals surface area contributed by atoms with Gasteiger partial charge in [-0.25, -0.2) is 4.79 Å². The molecule has 0 aliphatic carbocycles. The summed E-state index contributed by atoms with van der Waals surface area (Å²) in [7, 11) is 1.32. The van der Waals surface area contributed by atoms with Crippen LogP contribution >= 0.6 is 0 Å². The first-order valence-electron chi connectivity index (χ1n) is 7.41. The van der Waals surface area contributed by atoms with E-state index < -0.39 is 29.8 Å². The molecule has 3 N–H and O–H groups in total. The van der Waals surface area contributed by atoms with Gasteiger partial charge in [0.25, 0.3) is 0 Å². The number of aliphatic carboxylic acids is 1. The van der Waals surface area contributed by atoms with Crippen molar-refractivity contribution in [1.29, 1.82) is 0 Å². The summed E-state index contributed by atoms with van der Waals surface area (Å²) in [5.41, 5.74) is 8.97. The molecule has 9 heteroatoms. The van der Waals surface area contributed by atoms with Crippen LogP contribution in [0.5, 0.6) is 5.75 Å². The predicted molar refractivity (Wildman–Crippen MR) is 86.1 cm³/mol. The molecule has 0 saturated heterocycles. The van der Waals surface area contributed by atoms with Crippen LogP contribution in [0.4, 0.5) is 0 Å². The third-order valence-corrected chi connectivity index (χ3v) is 3.43. The number of hydrogen-bond acceptors (Lipinski definition) is 5. The van der Waals surface area contributed by atoms with Crippen molar-refractivity contribution in [3.8, 4) is 5.75 Å². The van der Waals surface area contributed by atoms with Crippen LogP contribution in [0.1, 0.15) is 18.4 Å². The van der Waals surface area contributed by atoms with Crippen LogP contribution in [0, 0.1) is 0 Å². The molecule has 2 atom stereocenters. The largest absolute Gasteiger partial charge is 0.508 e. The number of ether oxygens (including phenoxy) is 1. The maximum atomic E-state index is 12.2. The molecule has 1 aromatic rings. The van der Waals surface area contributed by atoms with Crippen molar-refractivity contribution in [3.05, 3.63) is 35.4 Å². The van der Waals surface area contributed by atoms with Crippen molar-refractivity contribution >= 4 is 23.9 Å². The fourth-order valence-corrected chi connectivity index (χ4v) is 2.07. The highest BCUT2D eigenvalue weighted by Gasteiger charge is 2.26. The van der Waals surface area contributed by atoms with E-state index >= 15 is 0 Å². The Morgan fingerprint density at radius 2 is 1.96 bits per heavy atom. The Kier molecular flexibility index (Phi) is 7.98. The van der Waals surface area contributed by atoms with E-state index in [2.05, 4.69) is 10.1 Å². The second-order valence-electron chi connectivity index (χ2n) is 5.24. The molecule has 0 aromatic heterocycles. The lowest BCUT2D eigenvalue weighted by molar-refractivity contribution is -0.144. The lowest BCUT2D eigenvalue weighted by atomic mass is 10.1. The van der Waals surface area contributed by atoms with Crippen molar-refractivity contribution in [3.63, 3.8) is 0 Å². The first kappa shape index (κ1) is 20.0. The number of carbonyl (C=O) groups excluding carboxylic acids is 2. The van der Waals surface area contributed by atoms with Gasteiger partial charge < -0.3 is 25.8 Å². The van der Waals surface area contributed by atoms with Gasteiger partial charge in [-0.15, -0.1) is 0 Å². The van der Waals surface area contributed by atoms with Gasteiger partial charge in [-0.3, -0.25) is 9.59 Å². The van der Waals surface area contributed by atoms with Crippen LogP contribution in [0.3, 0.4) is 0 Å². The smallest absolute Gasteiger partial charge is 0.326 e. The summed E-state index contributed by atoms with van der Waals surface area (Å²) in [4.78, 5) is 37.3. The van der Waals surface area contributed by atoms with E-state index in [1.165, 1.54) is 19.2 Å². The Morgan fingerprint density at radius 3 is 2.48 bits per heavy atom. The summed E-state index contributed by atoms with van der Waals surface area (Å²) in [5.74, 6) is -2.40. The number of phenolic OH excluding ortho intramolecular Hbond substituents is 1. The van der Waals surface area contributed by atoms with Crippen molar-refractivity contribution in [1.82, 2.24) is 5.32 Å². The lowest BCUT2D eigenvalue weighted by Crippen LogP contribution is -2.46. The second kappa shape index (κ2) is 9.96. The quantitative estimate of drug-likeness (QED) is 0.311. The molecule has 1 rings (SSSR count). The van der Waals surface area contributed by atoms with Crippen molar-refractivity contribution in [2.45, 2.75) is 31.4 Å². The number of phenols is 1. The van der Waals surface area contributed by atoms with Crippen LogP contribution in [-0.2, 0) is 25.5 Å². The molecule has 9 nitrogen and oxygen atoms in total. The molecular formula is C16H19N3O6. The zero-order valence-electron chi connectivity index (χ0n) is 13.6. The zero-order valence-corrected chi connectivity index (χ0v) is 13.6. The summed E-state index contributed by atoms with van der Waals surface area (Å²) in [5, 5.41) is 20.7. The van der Waals surface area contributed by atoms with E-state index in [1.54, 1.807) is 12.1 Å². The van der Waals surface area contributed by atoms with Gasteiger partial charge in [0.1, 0.15) is 17.9 Å². The number of ketones is 1. The number of methoxy groups -OCH3 is 1. The highest BCUT2D eigenvalue weighted by Crippen LogP contribution is 2.12. The summed E-state index contributed by atoms with van der Waals surface area (Å²) >= 11 is 0. The third kappa shape index (κ3) is 6.94. The molecule has 0 heterocycles. The Labute approximate surface area is 143 Å². The van der Waals surface area contributed by atoms with E-state index in [0.29, 0.717) is 6.21 Å². The van der Waals surface area contributed by atoms with Crippen LogP contribution in [0.15, 0.2) is 24.3 Å². The second-order valence-corrected chi connectivity index (χ2v) is 5.24. The Balaban J connectivity index is 2.69. The molecule has 0 unspecified atom stereocenters. The fourth-order valence-electron chi connectivity index (χ4n) is 2.07. The lowest BCUT2D eigenvalue weighted by Gasteiger charge is -2.19. The summed E-state index contributed by atoms with van der Waals surface area (Å²) in [6, 6.07) is 4.90. The molecule has 0 saturated carbocycles. The number of hydrogen-bond donors (Lipinski definition) is 3. The molecule has 0 fully saturated rings. The Morgan fingerprint density at radius 1 is 1.32 bits per heavy atom. The van der Waals surface area contributed by atoms with Gasteiger partial charge in [0.15, 0.2) is 0 Å². The molecule has 0 spiro atoms. The standard InChI is InChI=1S/C16H19N3O6/c1-25-14(8-10-2-4-11(20)5-3-10)15(22)19-13(16(23)24)7-6-12(21)9-18-17/h2-5,9,13-14,20H,6-8H2,1H3,(H,19,22)(H,23,24)/t13-,14-/m0/s1. The summed E-state index contributed by atoms with van der Waals surface area (Å²) < 4.78 is 5.10. The Bertz CT molecular complexity index is 667. The highest BCUT2D eigenvalue weighted by molar-refractivity contribution is 6.25. The molecule has 0 aliphatic rings. The monoisotopic (exact) mass is 349 g/mol. The number of carboxylic acids is 1. The summed E-state index contributed by atoms with van der Waals surface area (Å²) in [6.45, 7) is 0. The number of rotatable bonds is 10. The molecule has 0 aliphatic heterocycles. The average Bonchev–Trinajstić information content (AvgIpc) is 2.57. The molecule has 0 radical (unpaired) electrons. The number of nitrogens with one attached hydrogen (secondary N) is 1. The number of carbonyl (C=O) groups is 3. The normalized spacial score (nSPS) is 12.5. The minimum atomic E-state index is -1.29. The maximum Gasteiger partial charge on any atom is 0.326 e. The van der Waals surface area contributed by atoms with Gasteiger partial charge in [-0.05, 0) is 24.1 Å². The van der Waals surface area contributed by atoms with Gasteiger partial charge in [0.2, 0.25) is 11.7 Å². The Hall–Kier alpha value is -3.03. The third-order valence-electron chi connectivity index (χ3n) is 3.43. The van der Waals surface area contributed by atoms with Crippen LogP contribution < -0.4 is 5.32 Å². The van der Waals surface area contributed by atoms with Gasteiger partial charge in [-0.2, -0.15) is 4.79 Å². The van der Waals surface area contributed by atoms with E-state index in [-0.39, 0.29) is 25.0 Å². The predicted octanol–water partition coefficient (Wildman–Crippen LogP) is 0.169. The van der Waals surface area contributed by atoms with Gasteiger partial charge in [0.05, 0.1) is 0 Å². The van der Waals surface area contributed by atoms with E-state index in [0.717, 1.165) is 5.56 Å². The number of Topliss-reactive ketones (excluding diaryl/α,β-unsaturated/α-hetero) is 1. The molecule has 1 amide bonds. The number of nitrogens with zero attached hydrogens (tertiary/aromatic N) is 2. The number of benzene rings is 1. The van der Waals surface area contributed by atoms with Crippen molar-refractivity contribution in [2.75, 3.05) is 7.11 Å². The van der Waals surface area contributed by atoms with Crippen LogP contribution in [0.25, 0.3) is 5.53 Å². The molecular weight excluding hydrogens is 330 g/mol. The first-order chi connectivity index (χ1) is 11.9. The maximum absolute atomic E-state index is 12.2.